The van der Waals surface area contributed by atoms with Gasteiger partial charge in [0.1, 0.15) is 0 Å². The summed E-state index contributed by atoms with van der Waals surface area (Å²) in [4.78, 5) is 27.9. The number of nitrogens with one attached hydrogen (secondary N) is 1. The van der Waals surface area contributed by atoms with E-state index in [1.807, 2.05) is 30.3 Å². The number of ether oxygens (including phenoxy) is 1. The van der Waals surface area contributed by atoms with Gasteiger partial charge in [-0.3, -0.25) is 9.78 Å². The van der Waals surface area contributed by atoms with Gasteiger partial charge < -0.3 is 10.1 Å². The number of nitrogens with zero attached hydrogens (tertiary/aromatic N) is 1. The van der Waals surface area contributed by atoms with Gasteiger partial charge in [0, 0.05) is 16.9 Å². The van der Waals surface area contributed by atoms with Gasteiger partial charge in [0.05, 0.1) is 11.6 Å². The SMILES string of the molecule is CCCC(NC(=O)COC(=O)c1cncc(Br)c1)c1ccccc1. The van der Waals surface area contributed by atoms with Crippen molar-refractivity contribution in [2.24, 2.45) is 0 Å². The molecule has 1 amide bonds. The molecule has 0 saturated heterocycles. The van der Waals surface area contributed by atoms with Crippen LogP contribution >= 0.6 is 15.9 Å². The second kappa shape index (κ2) is 9.17. The van der Waals surface area contributed by atoms with Gasteiger partial charge in [-0.25, -0.2) is 4.79 Å². The number of esters is 1. The van der Waals surface area contributed by atoms with E-state index in [9.17, 15) is 9.59 Å². The smallest absolute Gasteiger partial charge is 0.340 e. The molecule has 0 aliphatic rings. The van der Waals surface area contributed by atoms with Gasteiger partial charge in [-0.2, -0.15) is 0 Å². The van der Waals surface area contributed by atoms with Crippen LogP contribution in [0.15, 0.2) is 53.3 Å². The van der Waals surface area contributed by atoms with Crippen LogP contribution in [-0.2, 0) is 9.53 Å². The maximum absolute atomic E-state index is 12.1. The van der Waals surface area contributed by atoms with E-state index in [2.05, 4.69) is 33.2 Å². The first-order valence-electron chi connectivity index (χ1n) is 7.72. The molecule has 0 bridgehead atoms. The van der Waals surface area contributed by atoms with Gasteiger partial charge >= 0.3 is 5.97 Å². The number of hydrogen-bond donors (Lipinski definition) is 1. The highest BCUT2D eigenvalue weighted by molar-refractivity contribution is 9.10. The van der Waals surface area contributed by atoms with E-state index in [0.29, 0.717) is 10.0 Å². The first kappa shape index (κ1) is 18.1. The summed E-state index contributed by atoms with van der Waals surface area (Å²) in [7, 11) is 0. The number of halogens is 1. The Hall–Kier alpha value is -2.21. The Morgan fingerprint density at radius 1 is 1.25 bits per heavy atom. The molecule has 1 aromatic heterocycles. The maximum atomic E-state index is 12.1. The van der Waals surface area contributed by atoms with Gasteiger partial charge in [0.25, 0.3) is 5.91 Å². The minimum atomic E-state index is -0.578. The zero-order valence-corrected chi connectivity index (χ0v) is 15.0. The molecule has 0 saturated carbocycles. The van der Waals surface area contributed by atoms with E-state index in [1.54, 1.807) is 12.3 Å². The predicted molar refractivity (Wildman–Crippen MR) is 94.5 cm³/mol. The minimum Gasteiger partial charge on any atom is -0.452 e. The third-order valence-electron chi connectivity index (χ3n) is 3.39. The van der Waals surface area contributed by atoms with Crippen LogP contribution in [0.1, 0.15) is 41.7 Å². The molecule has 1 atom stereocenters. The van der Waals surface area contributed by atoms with Crippen LogP contribution in [0.3, 0.4) is 0 Å². The molecule has 0 aliphatic heterocycles. The van der Waals surface area contributed by atoms with Crippen molar-refractivity contribution in [2.45, 2.75) is 25.8 Å². The number of aromatic nitrogens is 1. The lowest BCUT2D eigenvalue weighted by Crippen LogP contribution is -2.32. The van der Waals surface area contributed by atoms with Crippen molar-refractivity contribution in [3.05, 3.63) is 64.4 Å². The summed E-state index contributed by atoms with van der Waals surface area (Å²) >= 11 is 3.24. The normalized spacial score (nSPS) is 11.6. The molecule has 0 fully saturated rings. The minimum absolute atomic E-state index is 0.0880. The van der Waals surface area contributed by atoms with E-state index in [1.165, 1.54) is 6.20 Å². The van der Waals surface area contributed by atoms with Crippen LogP contribution in [0.4, 0.5) is 0 Å². The number of carbonyl (C=O) groups is 2. The summed E-state index contributed by atoms with van der Waals surface area (Å²) in [5.41, 5.74) is 1.33. The molecule has 2 rings (SSSR count). The second-order valence-corrected chi connectivity index (χ2v) is 6.20. The Bertz CT molecular complexity index is 692. The van der Waals surface area contributed by atoms with Crippen molar-refractivity contribution in [3.63, 3.8) is 0 Å². The average molecular weight is 391 g/mol. The average Bonchev–Trinajstić information content (AvgIpc) is 2.60. The molecule has 0 spiro atoms. The van der Waals surface area contributed by atoms with Crippen LogP contribution in [0.25, 0.3) is 0 Å². The number of benzene rings is 1. The second-order valence-electron chi connectivity index (χ2n) is 5.29. The standard InChI is InChI=1S/C18H19BrN2O3/c1-2-6-16(13-7-4-3-5-8-13)21-17(22)12-24-18(23)14-9-15(19)11-20-10-14/h3-5,7-11,16H,2,6,12H2,1H3,(H,21,22). The van der Waals surface area contributed by atoms with Gasteiger partial charge in [-0.15, -0.1) is 0 Å². The van der Waals surface area contributed by atoms with Crippen LogP contribution in [-0.4, -0.2) is 23.5 Å². The first-order chi connectivity index (χ1) is 11.6. The number of rotatable bonds is 7. The fourth-order valence-electron chi connectivity index (χ4n) is 2.27. The summed E-state index contributed by atoms with van der Waals surface area (Å²) in [6.07, 6.45) is 4.72. The lowest BCUT2D eigenvalue weighted by molar-refractivity contribution is -0.125. The van der Waals surface area contributed by atoms with Crippen LogP contribution in [0.5, 0.6) is 0 Å². The molecular weight excluding hydrogens is 372 g/mol. The number of amides is 1. The van der Waals surface area contributed by atoms with E-state index >= 15 is 0 Å². The molecular formula is C18H19BrN2O3. The van der Waals surface area contributed by atoms with Gasteiger partial charge in [0.2, 0.25) is 0 Å². The highest BCUT2D eigenvalue weighted by Crippen LogP contribution is 2.18. The molecule has 2 aromatic rings. The zero-order valence-electron chi connectivity index (χ0n) is 13.4. The number of carbonyl (C=O) groups excluding carboxylic acids is 2. The molecule has 5 nitrogen and oxygen atoms in total. The highest BCUT2D eigenvalue weighted by atomic mass is 79.9. The molecule has 0 aliphatic carbocycles. The van der Waals surface area contributed by atoms with Crippen molar-refractivity contribution in [2.75, 3.05) is 6.61 Å². The molecule has 24 heavy (non-hydrogen) atoms. The molecule has 1 aromatic carbocycles. The van der Waals surface area contributed by atoms with Gasteiger partial charge in [-0.05, 0) is 34.0 Å². The van der Waals surface area contributed by atoms with Crippen LogP contribution in [0.2, 0.25) is 0 Å². The van der Waals surface area contributed by atoms with Gasteiger partial charge in [0.15, 0.2) is 6.61 Å². The predicted octanol–water partition coefficient (Wildman–Crippen LogP) is 3.66. The summed E-state index contributed by atoms with van der Waals surface area (Å²) in [5, 5.41) is 2.91. The quantitative estimate of drug-likeness (QED) is 0.732. The van der Waals surface area contributed by atoms with E-state index in [4.69, 9.17) is 4.74 Å². The van der Waals surface area contributed by atoms with Crippen molar-refractivity contribution in [1.82, 2.24) is 10.3 Å². The number of pyridine rings is 1. The summed E-state index contributed by atoms with van der Waals surface area (Å²) in [6, 6.07) is 11.3. The van der Waals surface area contributed by atoms with E-state index in [-0.39, 0.29) is 18.6 Å². The lowest BCUT2D eigenvalue weighted by atomic mass is 10.0. The molecule has 0 radical (unpaired) electrons. The summed E-state index contributed by atoms with van der Waals surface area (Å²) in [6.45, 7) is 1.74. The van der Waals surface area contributed by atoms with Crippen molar-refractivity contribution >= 4 is 27.8 Å². The fourth-order valence-corrected chi connectivity index (χ4v) is 2.63. The highest BCUT2D eigenvalue weighted by Gasteiger charge is 2.16. The molecule has 6 heteroatoms. The maximum Gasteiger partial charge on any atom is 0.340 e. The van der Waals surface area contributed by atoms with E-state index < -0.39 is 5.97 Å². The number of hydrogen-bond acceptors (Lipinski definition) is 4. The molecule has 1 N–H and O–H groups in total. The third kappa shape index (κ3) is 5.45. The Balaban J connectivity index is 1.90. The topological polar surface area (TPSA) is 68.3 Å². The van der Waals surface area contributed by atoms with Crippen LogP contribution in [0, 0.1) is 0 Å². The monoisotopic (exact) mass is 390 g/mol. The molecule has 1 unspecified atom stereocenters. The van der Waals surface area contributed by atoms with E-state index in [0.717, 1.165) is 18.4 Å². The Morgan fingerprint density at radius 3 is 2.67 bits per heavy atom. The Labute approximate surface area is 149 Å². The molecule has 1 heterocycles. The summed E-state index contributed by atoms with van der Waals surface area (Å²) < 4.78 is 5.72. The largest absolute Gasteiger partial charge is 0.452 e. The van der Waals surface area contributed by atoms with Crippen molar-refractivity contribution < 1.29 is 14.3 Å². The fraction of sp³-hybridized carbons (Fsp3) is 0.278. The summed E-state index contributed by atoms with van der Waals surface area (Å²) in [5.74, 6) is -0.903. The Kier molecular flexibility index (Phi) is 6.93. The first-order valence-corrected chi connectivity index (χ1v) is 8.51. The Morgan fingerprint density at radius 2 is 2.00 bits per heavy atom. The third-order valence-corrected chi connectivity index (χ3v) is 3.82. The van der Waals surface area contributed by atoms with Crippen molar-refractivity contribution in [1.29, 1.82) is 0 Å². The lowest BCUT2D eigenvalue weighted by Gasteiger charge is -2.18. The zero-order chi connectivity index (χ0) is 17.4. The van der Waals surface area contributed by atoms with Gasteiger partial charge in [-0.1, -0.05) is 43.7 Å². The molecule has 126 valence electrons. The van der Waals surface area contributed by atoms with Crippen LogP contribution < -0.4 is 5.32 Å². The van der Waals surface area contributed by atoms with Crippen molar-refractivity contribution in [3.8, 4) is 0 Å².